The van der Waals surface area contributed by atoms with Crippen LogP contribution >= 0.6 is 11.3 Å². The Morgan fingerprint density at radius 2 is 1.80 bits per heavy atom. The minimum Gasteiger partial charge on any atom is -0.493 e. The molecule has 0 spiro atoms. The molecule has 3 aliphatic rings. The minimum absolute atomic E-state index is 0.213. The van der Waals surface area contributed by atoms with Crippen LogP contribution in [0.5, 0.6) is 17.2 Å². The van der Waals surface area contributed by atoms with E-state index in [1.54, 1.807) is 18.2 Å². The lowest BCUT2D eigenvalue weighted by Crippen LogP contribution is -2.45. The molecule has 11 heteroatoms. The summed E-state index contributed by atoms with van der Waals surface area (Å²) in [6.45, 7) is 1.15. The zero-order valence-corrected chi connectivity index (χ0v) is 22.5. The second kappa shape index (κ2) is 11.2. The van der Waals surface area contributed by atoms with Gasteiger partial charge in [-0.3, -0.25) is 9.59 Å². The van der Waals surface area contributed by atoms with E-state index in [9.17, 15) is 9.59 Å². The van der Waals surface area contributed by atoms with E-state index in [4.69, 9.17) is 14.2 Å². The topological polar surface area (TPSA) is 115 Å². The highest BCUT2D eigenvalue weighted by molar-refractivity contribution is 7.18. The summed E-state index contributed by atoms with van der Waals surface area (Å²) in [5, 5.41) is 16.4. The zero-order valence-electron chi connectivity index (χ0n) is 21.7. The molecule has 3 aliphatic heterocycles. The van der Waals surface area contributed by atoms with Gasteiger partial charge in [0.1, 0.15) is 16.9 Å². The number of hydrogen-bond acceptors (Lipinski definition) is 9. The number of carbonyl (C=O) groups is 2. The van der Waals surface area contributed by atoms with Crippen LogP contribution in [0.1, 0.15) is 15.9 Å². The molecule has 2 N–H and O–H groups in total. The van der Waals surface area contributed by atoms with Crippen molar-refractivity contribution in [2.45, 2.75) is 18.7 Å². The predicted octanol–water partition coefficient (Wildman–Crippen LogP) is 3.29. The third-order valence-electron chi connectivity index (χ3n) is 6.77. The minimum atomic E-state index is -0.344. The fourth-order valence-electron chi connectivity index (χ4n) is 4.67. The maximum atomic E-state index is 13.4. The average Bonchev–Trinajstić information content (AvgIpc) is 3.63. The van der Waals surface area contributed by atoms with Gasteiger partial charge in [0.2, 0.25) is 5.13 Å². The van der Waals surface area contributed by atoms with E-state index in [-0.39, 0.29) is 30.6 Å². The normalized spacial score (nSPS) is 19.1. The van der Waals surface area contributed by atoms with Gasteiger partial charge in [-0.1, -0.05) is 53.8 Å². The van der Waals surface area contributed by atoms with Crippen LogP contribution in [0.4, 0.5) is 5.13 Å². The Labute approximate surface area is 234 Å². The number of hydrogen-bond donors (Lipinski definition) is 2. The van der Waals surface area contributed by atoms with Crippen LogP contribution in [-0.4, -0.2) is 61.0 Å². The standard InChI is InChI=1S/C29H27N5O5S/c1-37-23-12-9-20-13-24(23)38-17-26(35)30-14-18-7-10-21(11-8-18)39-25-16-34(15-22(25)31-27(20)36)29-33-32-28(40-29)19-5-3-2-4-6-19/h2-13,22,25H,14-17H2,1H3,(H,30,35)(H,31,36)/t22-,25-/m0/s1. The van der Waals surface area contributed by atoms with Crippen molar-refractivity contribution in [1.82, 2.24) is 20.8 Å². The fourth-order valence-corrected chi connectivity index (χ4v) is 5.54. The molecule has 40 heavy (non-hydrogen) atoms. The maximum absolute atomic E-state index is 13.4. The first-order chi connectivity index (χ1) is 19.6. The van der Waals surface area contributed by atoms with Crippen molar-refractivity contribution >= 4 is 28.3 Å². The number of anilines is 1. The Hall–Kier alpha value is -4.64. The van der Waals surface area contributed by atoms with Crippen LogP contribution in [-0.2, 0) is 11.3 Å². The van der Waals surface area contributed by atoms with E-state index in [2.05, 4.69) is 25.7 Å². The quantitative estimate of drug-likeness (QED) is 0.395. The number of aromatic nitrogens is 2. The highest BCUT2D eigenvalue weighted by atomic mass is 32.1. The number of methoxy groups -OCH3 is 1. The number of rotatable bonds is 3. The third-order valence-corrected chi connectivity index (χ3v) is 7.81. The van der Waals surface area contributed by atoms with Crippen molar-refractivity contribution in [2.24, 2.45) is 0 Å². The first-order valence-corrected chi connectivity index (χ1v) is 13.7. The van der Waals surface area contributed by atoms with Gasteiger partial charge >= 0.3 is 0 Å². The summed E-state index contributed by atoms with van der Waals surface area (Å²) in [7, 11) is 1.51. The first kappa shape index (κ1) is 25.6. The maximum Gasteiger partial charge on any atom is 0.258 e. The molecule has 2 atom stereocenters. The van der Waals surface area contributed by atoms with Crippen molar-refractivity contribution in [1.29, 1.82) is 0 Å². The lowest BCUT2D eigenvalue weighted by molar-refractivity contribution is -0.123. The molecule has 0 aliphatic carbocycles. The fraction of sp³-hybridized carbons (Fsp3) is 0.241. The number of amides is 2. The summed E-state index contributed by atoms with van der Waals surface area (Å²) in [6, 6.07) is 22.0. The van der Waals surface area contributed by atoms with Crippen LogP contribution in [0.2, 0.25) is 0 Å². The molecular weight excluding hydrogens is 530 g/mol. The second-order valence-electron chi connectivity index (χ2n) is 9.47. The Morgan fingerprint density at radius 1 is 0.975 bits per heavy atom. The number of carbonyl (C=O) groups excluding carboxylic acids is 2. The van der Waals surface area contributed by atoms with E-state index in [0.29, 0.717) is 42.4 Å². The number of nitrogens with zero attached hydrogens (tertiary/aromatic N) is 3. The molecule has 7 rings (SSSR count). The highest BCUT2D eigenvalue weighted by Crippen LogP contribution is 2.32. The number of ether oxygens (including phenoxy) is 3. The van der Waals surface area contributed by atoms with Crippen LogP contribution < -0.4 is 29.7 Å². The summed E-state index contributed by atoms with van der Waals surface area (Å²) in [6.07, 6.45) is -0.344. The number of fused-ring (bicyclic) bond motifs is 7. The molecule has 1 saturated heterocycles. The Bertz CT molecular complexity index is 1510. The molecule has 4 aromatic rings. The van der Waals surface area contributed by atoms with Crippen molar-refractivity contribution in [3.8, 4) is 27.8 Å². The lowest BCUT2D eigenvalue weighted by atomic mass is 10.1. The molecule has 0 radical (unpaired) electrons. The second-order valence-corrected chi connectivity index (χ2v) is 10.4. The molecular formula is C29H27N5O5S. The van der Waals surface area contributed by atoms with E-state index < -0.39 is 0 Å². The van der Waals surface area contributed by atoms with Crippen molar-refractivity contribution < 1.29 is 23.8 Å². The van der Waals surface area contributed by atoms with Crippen molar-refractivity contribution in [3.05, 3.63) is 83.9 Å². The monoisotopic (exact) mass is 557 g/mol. The van der Waals surface area contributed by atoms with E-state index in [1.165, 1.54) is 18.4 Å². The van der Waals surface area contributed by atoms with Gasteiger partial charge < -0.3 is 29.7 Å². The molecule has 2 amide bonds. The van der Waals surface area contributed by atoms with Gasteiger partial charge in [-0.05, 0) is 35.9 Å². The van der Waals surface area contributed by atoms with Crippen LogP contribution in [0.3, 0.4) is 0 Å². The summed E-state index contributed by atoms with van der Waals surface area (Å²) < 4.78 is 17.5. The van der Waals surface area contributed by atoms with Gasteiger partial charge in [-0.25, -0.2) is 0 Å². The molecule has 4 heterocycles. The van der Waals surface area contributed by atoms with Crippen LogP contribution in [0.25, 0.3) is 10.6 Å². The summed E-state index contributed by atoms with van der Waals surface area (Å²) >= 11 is 1.50. The number of nitrogens with one attached hydrogen (secondary N) is 2. The van der Waals surface area contributed by atoms with Gasteiger partial charge in [0, 0.05) is 24.2 Å². The third kappa shape index (κ3) is 5.55. The van der Waals surface area contributed by atoms with Gasteiger partial charge in [0.25, 0.3) is 11.8 Å². The van der Waals surface area contributed by atoms with Gasteiger partial charge in [0.15, 0.2) is 18.1 Å². The largest absolute Gasteiger partial charge is 0.493 e. The molecule has 0 unspecified atom stereocenters. The summed E-state index contributed by atoms with van der Waals surface area (Å²) in [4.78, 5) is 27.9. The van der Waals surface area contributed by atoms with Crippen molar-refractivity contribution in [3.63, 3.8) is 0 Å². The van der Waals surface area contributed by atoms with Gasteiger partial charge in [0.05, 0.1) is 19.7 Å². The number of benzene rings is 3. The van der Waals surface area contributed by atoms with Gasteiger partial charge in [-0.2, -0.15) is 0 Å². The van der Waals surface area contributed by atoms with Crippen LogP contribution in [0.15, 0.2) is 72.8 Å². The van der Waals surface area contributed by atoms with E-state index >= 15 is 0 Å². The summed E-state index contributed by atoms with van der Waals surface area (Å²) in [5.74, 6) is 0.823. The smallest absolute Gasteiger partial charge is 0.258 e. The molecule has 1 aromatic heterocycles. The molecule has 10 nitrogen and oxygen atoms in total. The average molecular weight is 558 g/mol. The first-order valence-electron chi connectivity index (χ1n) is 12.8. The SMILES string of the molecule is COc1ccc2cc1OCC(=O)NCc1ccc(cc1)O[C@H]1CN(c3nnc(-c4ccccc4)s3)C[C@@H]1NC2=O. The molecule has 204 valence electrons. The zero-order chi connectivity index (χ0) is 27.5. The molecule has 1 fully saturated rings. The Kier molecular flexibility index (Phi) is 7.19. The van der Waals surface area contributed by atoms with Crippen LogP contribution in [0, 0.1) is 0 Å². The predicted molar refractivity (Wildman–Crippen MR) is 150 cm³/mol. The Morgan fingerprint density at radius 3 is 2.60 bits per heavy atom. The van der Waals surface area contributed by atoms with Gasteiger partial charge in [-0.15, -0.1) is 10.2 Å². The Balaban J connectivity index is 1.29. The lowest BCUT2D eigenvalue weighted by Gasteiger charge is -2.21. The molecule has 4 bridgehead atoms. The van der Waals surface area contributed by atoms with Crippen molar-refractivity contribution in [2.75, 3.05) is 31.7 Å². The molecule has 0 saturated carbocycles. The molecule has 3 aromatic carbocycles. The van der Waals surface area contributed by atoms with E-state index in [0.717, 1.165) is 21.3 Å². The van der Waals surface area contributed by atoms with E-state index in [1.807, 2.05) is 54.6 Å². The summed E-state index contributed by atoms with van der Waals surface area (Å²) in [5.41, 5.74) is 2.30. The highest BCUT2D eigenvalue weighted by Gasteiger charge is 2.37.